The first-order valence-corrected chi connectivity index (χ1v) is 7.30. The Morgan fingerprint density at radius 1 is 1.30 bits per heavy atom. The van der Waals surface area contributed by atoms with Gasteiger partial charge in [0.1, 0.15) is 6.54 Å². The van der Waals surface area contributed by atoms with E-state index in [1.807, 2.05) is 0 Å². The van der Waals surface area contributed by atoms with Crippen LogP contribution in [0.25, 0.3) is 0 Å². The molecule has 1 aliphatic heterocycles. The minimum atomic E-state index is -0.508. The van der Waals surface area contributed by atoms with Crippen molar-refractivity contribution in [2.75, 3.05) is 18.2 Å². The summed E-state index contributed by atoms with van der Waals surface area (Å²) in [6.45, 7) is -0.0748. The van der Waals surface area contributed by atoms with Crippen molar-refractivity contribution in [1.29, 1.82) is 0 Å². The van der Waals surface area contributed by atoms with E-state index in [0.717, 1.165) is 0 Å². The van der Waals surface area contributed by atoms with Crippen LogP contribution in [0.2, 0.25) is 5.02 Å². The summed E-state index contributed by atoms with van der Waals surface area (Å²) in [7, 11) is 0. The van der Waals surface area contributed by atoms with E-state index in [2.05, 4.69) is 10.9 Å². The maximum absolute atomic E-state index is 11.8. The molecule has 1 heterocycles. The van der Waals surface area contributed by atoms with Crippen molar-refractivity contribution in [3.63, 3.8) is 0 Å². The van der Waals surface area contributed by atoms with Gasteiger partial charge in [-0.05, 0) is 12.1 Å². The lowest BCUT2D eigenvalue weighted by Crippen LogP contribution is -2.46. The SMILES string of the molecule is O=C(CN1CSCC1=O)NNC(=O)c1ccccc1Cl. The maximum Gasteiger partial charge on any atom is 0.271 e. The van der Waals surface area contributed by atoms with Crippen molar-refractivity contribution in [3.8, 4) is 0 Å². The molecular formula is C12H12ClN3O3S. The van der Waals surface area contributed by atoms with Crippen molar-refractivity contribution in [2.24, 2.45) is 0 Å². The number of carbonyl (C=O) groups excluding carboxylic acids is 3. The third-order valence-corrected chi connectivity index (χ3v) is 3.87. The number of benzene rings is 1. The van der Waals surface area contributed by atoms with Gasteiger partial charge in [-0.15, -0.1) is 11.8 Å². The Hall–Kier alpha value is -1.73. The molecule has 0 aromatic heterocycles. The molecule has 0 unspecified atom stereocenters. The predicted molar refractivity (Wildman–Crippen MR) is 76.1 cm³/mol. The lowest BCUT2D eigenvalue weighted by atomic mass is 10.2. The van der Waals surface area contributed by atoms with Gasteiger partial charge >= 0.3 is 0 Å². The van der Waals surface area contributed by atoms with Gasteiger partial charge in [-0.2, -0.15) is 0 Å². The Bertz CT molecular complexity index is 553. The highest BCUT2D eigenvalue weighted by Crippen LogP contribution is 2.15. The molecule has 0 saturated carbocycles. The molecule has 8 heteroatoms. The monoisotopic (exact) mass is 313 g/mol. The van der Waals surface area contributed by atoms with Crippen LogP contribution in [-0.2, 0) is 9.59 Å². The Morgan fingerprint density at radius 2 is 2.05 bits per heavy atom. The van der Waals surface area contributed by atoms with E-state index in [4.69, 9.17) is 11.6 Å². The van der Waals surface area contributed by atoms with Crippen LogP contribution in [0.3, 0.4) is 0 Å². The lowest BCUT2D eigenvalue weighted by Gasteiger charge is -2.14. The second-order valence-electron chi connectivity index (χ2n) is 4.05. The Labute approximate surface area is 124 Å². The first-order valence-electron chi connectivity index (χ1n) is 5.77. The molecule has 20 heavy (non-hydrogen) atoms. The van der Waals surface area contributed by atoms with Crippen molar-refractivity contribution in [1.82, 2.24) is 15.8 Å². The van der Waals surface area contributed by atoms with Crippen LogP contribution < -0.4 is 10.9 Å². The van der Waals surface area contributed by atoms with Gasteiger partial charge in [-0.1, -0.05) is 23.7 Å². The number of hydrogen-bond acceptors (Lipinski definition) is 4. The van der Waals surface area contributed by atoms with Gasteiger partial charge in [0.2, 0.25) is 5.91 Å². The quantitative estimate of drug-likeness (QED) is 0.803. The number of hydrazine groups is 1. The van der Waals surface area contributed by atoms with E-state index < -0.39 is 11.8 Å². The van der Waals surface area contributed by atoms with Crippen molar-refractivity contribution in [2.45, 2.75) is 0 Å². The number of carbonyl (C=O) groups is 3. The van der Waals surface area contributed by atoms with Crippen LogP contribution in [0, 0.1) is 0 Å². The molecule has 0 spiro atoms. The zero-order valence-corrected chi connectivity index (χ0v) is 12.0. The minimum Gasteiger partial charge on any atom is -0.323 e. The van der Waals surface area contributed by atoms with Crippen LogP contribution in [0.1, 0.15) is 10.4 Å². The number of halogens is 1. The van der Waals surface area contributed by atoms with E-state index in [1.165, 1.54) is 16.7 Å². The molecular weight excluding hydrogens is 302 g/mol. The number of rotatable bonds is 3. The van der Waals surface area contributed by atoms with Gasteiger partial charge in [0, 0.05) is 0 Å². The summed E-state index contributed by atoms with van der Waals surface area (Å²) in [5, 5.41) is 0.297. The highest BCUT2D eigenvalue weighted by atomic mass is 35.5. The summed E-state index contributed by atoms with van der Waals surface area (Å²) in [4.78, 5) is 36.1. The van der Waals surface area contributed by atoms with Gasteiger partial charge in [0.05, 0.1) is 22.2 Å². The Morgan fingerprint density at radius 3 is 2.70 bits per heavy atom. The molecule has 2 N–H and O–H groups in total. The molecule has 2 rings (SSSR count). The third kappa shape index (κ3) is 3.64. The highest BCUT2D eigenvalue weighted by Gasteiger charge is 2.23. The number of nitrogens with one attached hydrogen (secondary N) is 2. The van der Waals surface area contributed by atoms with Gasteiger partial charge in [0.25, 0.3) is 11.8 Å². The third-order valence-electron chi connectivity index (χ3n) is 2.59. The summed E-state index contributed by atoms with van der Waals surface area (Å²) < 4.78 is 0. The fraction of sp³-hybridized carbons (Fsp3) is 0.250. The molecule has 106 valence electrons. The molecule has 1 aromatic rings. The number of amides is 3. The van der Waals surface area contributed by atoms with Crippen molar-refractivity contribution < 1.29 is 14.4 Å². The molecule has 0 radical (unpaired) electrons. The molecule has 1 aliphatic rings. The van der Waals surface area contributed by atoms with E-state index in [1.54, 1.807) is 24.3 Å². The second-order valence-corrected chi connectivity index (χ2v) is 5.41. The fourth-order valence-electron chi connectivity index (χ4n) is 1.59. The first kappa shape index (κ1) is 14.7. The van der Waals surface area contributed by atoms with Crippen LogP contribution >= 0.6 is 23.4 Å². The van der Waals surface area contributed by atoms with Crippen LogP contribution in [0.4, 0.5) is 0 Å². The van der Waals surface area contributed by atoms with Gasteiger partial charge in [-0.3, -0.25) is 25.2 Å². The molecule has 0 atom stereocenters. The molecule has 6 nitrogen and oxygen atoms in total. The summed E-state index contributed by atoms with van der Waals surface area (Å²) in [6, 6.07) is 6.50. The zero-order chi connectivity index (χ0) is 14.5. The minimum absolute atomic E-state index is 0.0748. The van der Waals surface area contributed by atoms with Crippen molar-refractivity contribution >= 4 is 41.1 Å². The predicted octanol–water partition coefficient (Wildman–Crippen LogP) is 0.634. The summed E-state index contributed by atoms with van der Waals surface area (Å²) >= 11 is 7.31. The average molecular weight is 314 g/mol. The molecule has 0 bridgehead atoms. The lowest BCUT2D eigenvalue weighted by molar-refractivity contribution is -0.132. The summed E-state index contributed by atoms with van der Waals surface area (Å²) in [6.07, 6.45) is 0. The van der Waals surface area contributed by atoms with Crippen LogP contribution in [-0.4, -0.2) is 40.8 Å². The van der Waals surface area contributed by atoms with Gasteiger partial charge in [0.15, 0.2) is 0 Å². The van der Waals surface area contributed by atoms with E-state index in [-0.39, 0.29) is 18.0 Å². The maximum atomic E-state index is 11.8. The topological polar surface area (TPSA) is 78.5 Å². The van der Waals surface area contributed by atoms with Crippen molar-refractivity contribution in [3.05, 3.63) is 34.9 Å². The molecule has 1 fully saturated rings. The molecule has 1 aromatic carbocycles. The van der Waals surface area contributed by atoms with E-state index in [9.17, 15) is 14.4 Å². The Balaban J connectivity index is 1.83. The van der Waals surface area contributed by atoms with Crippen LogP contribution in [0.15, 0.2) is 24.3 Å². The van der Waals surface area contributed by atoms with E-state index in [0.29, 0.717) is 16.7 Å². The van der Waals surface area contributed by atoms with E-state index >= 15 is 0 Å². The zero-order valence-electron chi connectivity index (χ0n) is 10.4. The second kappa shape index (κ2) is 6.62. The van der Waals surface area contributed by atoms with Gasteiger partial charge in [-0.25, -0.2) is 0 Å². The Kier molecular flexibility index (Phi) is 4.86. The smallest absolute Gasteiger partial charge is 0.271 e. The normalized spacial score (nSPS) is 14.2. The largest absolute Gasteiger partial charge is 0.323 e. The average Bonchev–Trinajstić information content (AvgIpc) is 2.82. The molecule has 0 aliphatic carbocycles. The number of hydrogen-bond donors (Lipinski definition) is 2. The molecule has 3 amide bonds. The summed E-state index contributed by atoms with van der Waals surface area (Å²) in [5.41, 5.74) is 4.78. The molecule has 1 saturated heterocycles. The highest BCUT2D eigenvalue weighted by molar-refractivity contribution is 8.00. The standard InChI is InChI=1S/C12H12ClN3O3S/c13-9-4-2-1-3-8(9)12(19)15-14-10(17)5-16-7-20-6-11(16)18/h1-4H,5-7H2,(H,14,17)(H,15,19). The number of nitrogens with zero attached hydrogens (tertiary/aromatic N) is 1. The van der Waals surface area contributed by atoms with Crippen LogP contribution in [0.5, 0.6) is 0 Å². The summed E-state index contributed by atoms with van der Waals surface area (Å²) in [5.74, 6) is -0.167. The fourth-order valence-corrected chi connectivity index (χ4v) is 2.72. The number of thioether (sulfide) groups is 1. The first-order chi connectivity index (χ1) is 9.58. The van der Waals surface area contributed by atoms with Gasteiger partial charge < -0.3 is 4.90 Å².